The van der Waals surface area contributed by atoms with E-state index in [0.29, 0.717) is 0 Å². The topological polar surface area (TPSA) is 98.3 Å². The third-order valence-corrected chi connectivity index (χ3v) is 5.30. The lowest BCUT2D eigenvalue weighted by Crippen LogP contribution is -2.17. The quantitative estimate of drug-likeness (QED) is 0.228. The molecule has 2 aromatic rings. The molecule has 18 heteroatoms. The summed E-state index contributed by atoms with van der Waals surface area (Å²) in [5.41, 5.74) is -12.8. The Hall–Kier alpha value is -2.82. The zero-order chi connectivity index (χ0) is 25.7. The Kier molecular flexibility index (Phi) is 6.82. The van der Waals surface area contributed by atoms with E-state index in [1.165, 1.54) is 5.32 Å². The van der Waals surface area contributed by atoms with Crippen LogP contribution < -0.4 is 5.32 Å². The molecule has 2 aromatic carbocycles. The van der Waals surface area contributed by atoms with Crippen LogP contribution in [-0.4, -0.2) is 9.85 Å². The molecule has 0 radical (unpaired) electrons. The molecule has 0 fully saturated rings. The van der Waals surface area contributed by atoms with Crippen molar-refractivity contribution in [2.75, 3.05) is 5.32 Å². The second kappa shape index (κ2) is 8.51. The molecule has 0 saturated heterocycles. The SMILES string of the molecule is O=[N+]([O-])c1cc([N+](=O)[O-])c(Nc2cc(C(F)(F)F)c(Br)c(Cl)c2C(F)(F)F)c(C(F)(F)F)c1. The largest absolute Gasteiger partial charge is 0.419 e. The summed E-state index contributed by atoms with van der Waals surface area (Å²) < 4.78 is 119. The Morgan fingerprint density at radius 1 is 0.818 bits per heavy atom. The third-order valence-electron chi connectivity index (χ3n) is 3.87. The summed E-state index contributed by atoms with van der Waals surface area (Å²) >= 11 is 7.65. The first-order chi connectivity index (χ1) is 14.8. The van der Waals surface area contributed by atoms with Crippen molar-refractivity contribution in [1.29, 1.82) is 0 Å². The summed E-state index contributed by atoms with van der Waals surface area (Å²) in [4.78, 5) is 19.0. The van der Waals surface area contributed by atoms with E-state index in [1.54, 1.807) is 0 Å². The van der Waals surface area contributed by atoms with E-state index in [-0.39, 0.29) is 18.2 Å². The maximum absolute atomic E-state index is 13.5. The van der Waals surface area contributed by atoms with Crippen LogP contribution in [0.1, 0.15) is 16.7 Å². The maximum Gasteiger partial charge on any atom is 0.419 e. The molecule has 0 aromatic heterocycles. The molecule has 0 bridgehead atoms. The average Bonchev–Trinajstić information content (AvgIpc) is 2.61. The first kappa shape index (κ1) is 26.4. The van der Waals surface area contributed by atoms with Gasteiger partial charge < -0.3 is 5.32 Å². The molecule has 7 nitrogen and oxygen atoms in total. The van der Waals surface area contributed by atoms with Gasteiger partial charge in [0.1, 0.15) is 5.69 Å². The standard InChI is InChI=1S/C15H4BrClF9N3O4/c16-10-5(13(18,19)20)3-7(9(11(10)17)15(24,25)26)27-12-6(14(21,22)23)1-4(28(30)31)2-8(12)29(32)33/h1-3,27H. The lowest BCUT2D eigenvalue weighted by atomic mass is 10.0. The Labute approximate surface area is 188 Å². The van der Waals surface area contributed by atoms with E-state index in [2.05, 4.69) is 15.9 Å². The van der Waals surface area contributed by atoms with E-state index in [0.717, 1.165) is 0 Å². The summed E-state index contributed by atoms with van der Waals surface area (Å²) in [5.74, 6) is 0. The van der Waals surface area contributed by atoms with Gasteiger partial charge in [-0.2, -0.15) is 39.5 Å². The van der Waals surface area contributed by atoms with Crippen molar-refractivity contribution in [3.05, 3.63) is 64.6 Å². The maximum atomic E-state index is 13.5. The number of benzene rings is 2. The fraction of sp³-hybridized carbons (Fsp3) is 0.200. The van der Waals surface area contributed by atoms with Crippen LogP contribution in [0.5, 0.6) is 0 Å². The number of nitro groups is 2. The molecule has 180 valence electrons. The van der Waals surface area contributed by atoms with Gasteiger partial charge in [0.05, 0.1) is 43.3 Å². The van der Waals surface area contributed by atoms with Crippen LogP contribution in [0.2, 0.25) is 5.02 Å². The van der Waals surface area contributed by atoms with Gasteiger partial charge in [0.25, 0.3) is 11.4 Å². The first-order valence-corrected chi connectivity index (χ1v) is 8.91. The lowest BCUT2D eigenvalue weighted by molar-refractivity contribution is -0.394. The van der Waals surface area contributed by atoms with Gasteiger partial charge in [0.15, 0.2) is 0 Å². The van der Waals surface area contributed by atoms with E-state index in [4.69, 9.17) is 11.6 Å². The minimum Gasteiger partial charge on any atom is -0.349 e. The Balaban J connectivity index is 2.99. The van der Waals surface area contributed by atoms with Crippen LogP contribution in [0.25, 0.3) is 0 Å². The zero-order valence-electron chi connectivity index (χ0n) is 14.9. The number of anilines is 2. The first-order valence-electron chi connectivity index (χ1n) is 7.74. The summed E-state index contributed by atoms with van der Waals surface area (Å²) in [6.07, 6.45) is -16.5. The predicted molar refractivity (Wildman–Crippen MR) is 97.2 cm³/mol. The minimum atomic E-state index is -5.61. The summed E-state index contributed by atoms with van der Waals surface area (Å²) in [5, 5.41) is 21.8. The van der Waals surface area contributed by atoms with E-state index < -0.39 is 77.3 Å². The number of non-ortho nitro benzene ring substituents is 1. The van der Waals surface area contributed by atoms with Gasteiger partial charge in [-0.3, -0.25) is 20.2 Å². The fourth-order valence-corrected chi connectivity index (χ4v) is 3.41. The van der Waals surface area contributed by atoms with Crippen LogP contribution >= 0.6 is 27.5 Å². The van der Waals surface area contributed by atoms with Crippen LogP contribution in [0.4, 0.5) is 62.3 Å². The molecular weight excluding hydrogens is 573 g/mol. The average molecular weight is 577 g/mol. The minimum absolute atomic E-state index is 0.00400. The van der Waals surface area contributed by atoms with Gasteiger partial charge in [0, 0.05) is 10.5 Å². The van der Waals surface area contributed by atoms with E-state index >= 15 is 0 Å². The van der Waals surface area contributed by atoms with Crippen LogP contribution in [0.3, 0.4) is 0 Å². The van der Waals surface area contributed by atoms with Crippen LogP contribution in [0, 0.1) is 20.2 Å². The number of halogens is 11. The summed E-state index contributed by atoms with van der Waals surface area (Å²) in [6, 6.07) is -0.492. The van der Waals surface area contributed by atoms with Gasteiger partial charge in [-0.05, 0) is 22.0 Å². The van der Waals surface area contributed by atoms with Gasteiger partial charge >= 0.3 is 18.5 Å². The number of rotatable bonds is 4. The molecule has 0 atom stereocenters. The van der Waals surface area contributed by atoms with Crippen LogP contribution in [-0.2, 0) is 18.5 Å². The highest BCUT2D eigenvalue weighted by atomic mass is 79.9. The highest BCUT2D eigenvalue weighted by Gasteiger charge is 2.44. The number of hydrogen-bond donors (Lipinski definition) is 1. The molecule has 0 aliphatic rings. The van der Waals surface area contributed by atoms with Crippen molar-refractivity contribution in [2.24, 2.45) is 0 Å². The molecule has 2 rings (SSSR count). The lowest BCUT2D eigenvalue weighted by Gasteiger charge is -2.22. The van der Waals surface area contributed by atoms with Crippen molar-refractivity contribution in [2.45, 2.75) is 18.5 Å². The Morgan fingerprint density at radius 3 is 1.73 bits per heavy atom. The highest BCUT2D eigenvalue weighted by molar-refractivity contribution is 9.10. The van der Waals surface area contributed by atoms with Crippen molar-refractivity contribution >= 4 is 50.3 Å². The monoisotopic (exact) mass is 575 g/mol. The molecule has 1 N–H and O–H groups in total. The van der Waals surface area contributed by atoms with Crippen molar-refractivity contribution in [1.82, 2.24) is 0 Å². The van der Waals surface area contributed by atoms with Crippen molar-refractivity contribution in [3.63, 3.8) is 0 Å². The van der Waals surface area contributed by atoms with Gasteiger partial charge in [-0.15, -0.1) is 0 Å². The fourth-order valence-electron chi connectivity index (χ4n) is 2.56. The number of alkyl halides is 9. The number of hydrogen-bond acceptors (Lipinski definition) is 5. The third kappa shape index (κ3) is 5.40. The molecule has 33 heavy (non-hydrogen) atoms. The summed E-state index contributed by atoms with van der Waals surface area (Å²) in [7, 11) is 0. The second-order valence-electron chi connectivity index (χ2n) is 5.99. The summed E-state index contributed by atoms with van der Waals surface area (Å²) in [6.45, 7) is 0. The van der Waals surface area contributed by atoms with Gasteiger partial charge in [-0.1, -0.05) is 11.6 Å². The molecule has 0 unspecified atom stereocenters. The normalized spacial score (nSPS) is 12.6. The van der Waals surface area contributed by atoms with Gasteiger partial charge in [0.2, 0.25) is 0 Å². The zero-order valence-corrected chi connectivity index (χ0v) is 17.3. The molecule has 0 aliphatic heterocycles. The second-order valence-corrected chi connectivity index (χ2v) is 7.17. The molecule has 0 saturated carbocycles. The molecule has 0 heterocycles. The van der Waals surface area contributed by atoms with Gasteiger partial charge in [-0.25, -0.2) is 0 Å². The van der Waals surface area contributed by atoms with Crippen LogP contribution in [0.15, 0.2) is 22.7 Å². The van der Waals surface area contributed by atoms with E-state index in [9.17, 15) is 59.7 Å². The smallest absolute Gasteiger partial charge is 0.349 e. The Morgan fingerprint density at radius 2 is 1.33 bits per heavy atom. The van der Waals surface area contributed by atoms with E-state index in [1.807, 2.05) is 0 Å². The predicted octanol–water partition coefficient (Wildman–Crippen LogP) is 7.72. The highest BCUT2D eigenvalue weighted by Crippen LogP contribution is 2.51. The van der Waals surface area contributed by atoms with Crippen molar-refractivity contribution in [3.8, 4) is 0 Å². The molecule has 0 amide bonds. The molecule has 0 spiro atoms. The Bertz CT molecular complexity index is 1150. The number of nitro benzene ring substituents is 2. The molecule has 0 aliphatic carbocycles. The molecular formula is C15H4BrClF9N3O4. The number of nitrogens with zero attached hydrogens (tertiary/aromatic N) is 2. The number of nitrogens with one attached hydrogen (secondary N) is 1. The van der Waals surface area contributed by atoms with Crippen molar-refractivity contribution < 1.29 is 49.4 Å².